The average Bonchev–Trinajstić information content (AvgIpc) is 2.69. The smallest absolute Gasteiger partial charge is 0.262 e. The first-order valence-corrected chi connectivity index (χ1v) is 9.96. The summed E-state index contributed by atoms with van der Waals surface area (Å²) in [5.74, 6) is 1.01. The zero-order chi connectivity index (χ0) is 19.4. The fraction of sp³-hybridized carbons (Fsp3) is 0.333. The van der Waals surface area contributed by atoms with Crippen LogP contribution in [0.4, 0.5) is 5.69 Å². The number of aryl methyl sites for hydroxylation is 2. The molecule has 27 heavy (non-hydrogen) atoms. The van der Waals surface area contributed by atoms with Gasteiger partial charge in [0.15, 0.2) is 6.10 Å². The van der Waals surface area contributed by atoms with Crippen LogP contribution >= 0.6 is 11.8 Å². The highest BCUT2D eigenvalue weighted by Crippen LogP contribution is 2.34. The lowest BCUT2D eigenvalue weighted by molar-refractivity contribution is -0.127. The lowest BCUT2D eigenvalue weighted by Crippen LogP contribution is -2.50. The number of nitrogens with zero attached hydrogens (tertiary/aromatic N) is 1. The number of carbonyl (C=O) groups is 2. The van der Waals surface area contributed by atoms with Gasteiger partial charge in [-0.05, 0) is 49.2 Å². The molecule has 0 saturated carbocycles. The zero-order valence-electron chi connectivity index (χ0n) is 15.8. The number of anilines is 1. The number of rotatable bonds is 5. The van der Waals surface area contributed by atoms with Gasteiger partial charge in [0.05, 0.1) is 12.2 Å². The van der Waals surface area contributed by atoms with Crippen LogP contribution in [0.2, 0.25) is 0 Å². The number of hydrogen-bond donors (Lipinski definition) is 1. The number of carbonyl (C=O) groups excluding carboxylic acids is 2. The number of likely N-dealkylation sites (N-methyl/N-ethyl adjacent to an activating group) is 1. The van der Waals surface area contributed by atoms with Crippen molar-refractivity contribution in [3.8, 4) is 5.75 Å². The Balaban J connectivity index is 1.67. The SMILES string of the molecule is CNC(=O)[C@H]1CN(C(=O)CCSc2ccc(C)c(C)c2)c2ccccc2O1. The Morgan fingerprint density at radius 3 is 2.70 bits per heavy atom. The van der Waals surface area contributed by atoms with Crippen LogP contribution in [0.1, 0.15) is 17.5 Å². The predicted molar refractivity (Wildman–Crippen MR) is 109 cm³/mol. The van der Waals surface area contributed by atoms with Gasteiger partial charge in [0.25, 0.3) is 5.91 Å². The van der Waals surface area contributed by atoms with Crippen molar-refractivity contribution in [2.45, 2.75) is 31.3 Å². The number of thioether (sulfide) groups is 1. The van der Waals surface area contributed by atoms with Crippen LogP contribution in [0, 0.1) is 13.8 Å². The number of amides is 2. The highest BCUT2D eigenvalue weighted by atomic mass is 32.2. The van der Waals surface area contributed by atoms with Crippen LogP contribution in [0.25, 0.3) is 0 Å². The van der Waals surface area contributed by atoms with Gasteiger partial charge in [-0.1, -0.05) is 18.2 Å². The van der Waals surface area contributed by atoms with Crippen LogP contribution in [-0.2, 0) is 9.59 Å². The van der Waals surface area contributed by atoms with Crippen molar-refractivity contribution in [1.82, 2.24) is 5.32 Å². The summed E-state index contributed by atoms with van der Waals surface area (Å²) in [6, 6.07) is 13.7. The summed E-state index contributed by atoms with van der Waals surface area (Å²) in [5.41, 5.74) is 3.24. The van der Waals surface area contributed by atoms with E-state index in [1.807, 2.05) is 18.2 Å². The second-order valence-electron chi connectivity index (χ2n) is 6.54. The van der Waals surface area contributed by atoms with Crippen molar-refractivity contribution in [2.24, 2.45) is 0 Å². The first kappa shape index (κ1) is 19.3. The van der Waals surface area contributed by atoms with Gasteiger partial charge in [-0.2, -0.15) is 0 Å². The van der Waals surface area contributed by atoms with Gasteiger partial charge < -0.3 is 15.0 Å². The van der Waals surface area contributed by atoms with Crippen molar-refractivity contribution in [1.29, 1.82) is 0 Å². The molecule has 0 saturated heterocycles. The second kappa shape index (κ2) is 8.48. The quantitative estimate of drug-likeness (QED) is 0.804. The first-order chi connectivity index (χ1) is 13.0. The van der Waals surface area contributed by atoms with E-state index in [1.54, 1.807) is 29.8 Å². The van der Waals surface area contributed by atoms with Crippen LogP contribution < -0.4 is 15.0 Å². The Labute approximate surface area is 164 Å². The minimum Gasteiger partial charge on any atom is -0.477 e. The van der Waals surface area contributed by atoms with Gasteiger partial charge in [0, 0.05) is 24.1 Å². The monoisotopic (exact) mass is 384 g/mol. The third-order valence-electron chi connectivity index (χ3n) is 4.68. The summed E-state index contributed by atoms with van der Waals surface area (Å²) in [6.07, 6.45) is -0.298. The molecular formula is C21H24N2O3S. The number of hydrogen-bond acceptors (Lipinski definition) is 4. The van der Waals surface area contributed by atoms with E-state index in [4.69, 9.17) is 4.74 Å². The van der Waals surface area contributed by atoms with Gasteiger partial charge in [-0.15, -0.1) is 11.8 Å². The Hall–Kier alpha value is -2.47. The molecule has 0 radical (unpaired) electrons. The summed E-state index contributed by atoms with van der Waals surface area (Å²) < 4.78 is 5.75. The molecule has 1 aliphatic heterocycles. The van der Waals surface area contributed by atoms with Gasteiger partial charge >= 0.3 is 0 Å². The summed E-state index contributed by atoms with van der Waals surface area (Å²) in [7, 11) is 1.57. The lowest BCUT2D eigenvalue weighted by Gasteiger charge is -2.34. The molecule has 6 heteroatoms. The molecule has 2 amide bonds. The minimum atomic E-state index is -0.693. The molecule has 3 rings (SSSR count). The summed E-state index contributed by atoms with van der Waals surface area (Å²) in [4.78, 5) is 27.7. The highest BCUT2D eigenvalue weighted by molar-refractivity contribution is 7.99. The summed E-state index contributed by atoms with van der Waals surface area (Å²) >= 11 is 1.67. The first-order valence-electron chi connectivity index (χ1n) is 8.97. The highest BCUT2D eigenvalue weighted by Gasteiger charge is 2.32. The summed E-state index contributed by atoms with van der Waals surface area (Å²) in [6.45, 7) is 4.41. The molecule has 0 aromatic heterocycles. The fourth-order valence-electron chi connectivity index (χ4n) is 2.96. The van der Waals surface area contributed by atoms with Crippen molar-refractivity contribution < 1.29 is 14.3 Å². The van der Waals surface area contributed by atoms with E-state index < -0.39 is 6.10 Å². The number of benzene rings is 2. The molecule has 0 bridgehead atoms. The molecule has 142 valence electrons. The number of para-hydroxylation sites is 2. The van der Waals surface area contributed by atoms with Crippen LogP contribution in [0.3, 0.4) is 0 Å². The van der Waals surface area contributed by atoms with E-state index in [2.05, 4.69) is 37.4 Å². The molecule has 2 aromatic rings. The maximum absolute atomic E-state index is 12.9. The molecule has 1 N–H and O–H groups in total. The molecule has 5 nitrogen and oxygen atoms in total. The maximum atomic E-state index is 12.9. The third kappa shape index (κ3) is 4.45. The molecule has 1 heterocycles. The van der Waals surface area contributed by atoms with E-state index >= 15 is 0 Å². The standard InChI is InChI=1S/C21H24N2O3S/c1-14-8-9-16(12-15(14)2)27-11-10-20(24)23-13-19(21(25)22-3)26-18-7-5-4-6-17(18)23/h4-9,12,19H,10-11,13H2,1-3H3,(H,22,25)/t19-/m1/s1. The van der Waals surface area contributed by atoms with Crippen LogP contribution in [0.15, 0.2) is 47.4 Å². The fourth-order valence-corrected chi connectivity index (χ4v) is 3.90. The maximum Gasteiger partial charge on any atom is 0.262 e. The van der Waals surface area contributed by atoms with Crippen molar-refractivity contribution in [2.75, 3.05) is 24.2 Å². The Kier molecular flexibility index (Phi) is 6.06. The minimum absolute atomic E-state index is 0.00372. The van der Waals surface area contributed by atoms with Crippen LogP contribution in [-0.4, -0.2) is 37.3 Å². The third-order valence-corrected chi connectivity index (χ3v) is 5.67. The second-order valence-corrected chi connectivity index (χ2v) is 7.71. The summed E-state index contributed by atoms with van der Waals surface area (Å²) in [5, 5.41) is 2.59. The molecule has 1 aliphatic rings. The molecule has 1 atom stereocenters. The lowest BCUT2D eigenvalue weighted by atomic mass is 10.1. The van der Waals surface area contributed by atoms with E-state index in [1.165, 1.54) is 11.1 Å². The predicted octanol–water partition coefficient (Wildman–Crippen LogP) is 3.33. The van der Waals surface area contributed by atoms with Gasteiger partial charge in [-0.3, -0.25) is 9.59 Å². The molecule has 0 unspecified atom stereocenters. The Morgan fingerprint density at radius 1 is 1.19 bits per heavy atom. The van der Waals surface area contributed by atoms with Gasteiger partial charge in [0.2, 0.25) is 5.91 Å². The number of fused-ring (bicyclic) bond motifs is 1. The van der Waals surface area contributed by atoms with Crippen molar-refractivity contribution >= 4 is 29.3 Å². The molecule has 0 spiro atoms. The molecule has 0 aliphatic carbocycles. The van der Waals surface area contributed by atoms with E-state index in [0.29, 0.717) is 17.9 Å². The van der Waals surface area contributed by atoms with E-state index in [-0.39, 0.29) is 18.4 Å². The van der Waals surface area contributed by atoms with Crippen molar-refractivity contribution in [3.05, 3.63) is 53.6 Å². The zero-order valence-corrected chi connectivity index (χ0v) is 16.6. The van der Waals surface area contributed by atoms with Crippen LogP contribution in [0.5, 0.6) is 5.75 Å². The Bertz CT molecular complexity index is 853. The largest absolute Gasteiger partial charge is 0.477 e. The molecule has 0 fully saturated rings. The van der Waals surface area contributed by atoms with Gasteiger partial charge in [0.1, 0.15) is 5.75 Å². The van der Waals surface area contributed by atoms with E-state index in [0.717, 1.165) is 10.6 Å². The van der Waals surface area contributed by atoms with Crippen molar-refractivity contribution in [3.63, 3.8) is 0 Å². The molecular weight excluding hydrogens is 360 g/mol. The van der Waals surface area contributed by atoms with Gasteiger partial charge in [-0.25, -0.2) is 0 Å². The molecule has 2 aromatic carbocycles. The topological polar surface area (TPSA) is 58.6 Å². The average molecular weight is 385 g/mol. The number of ether oxygens (including phenoxy) is 1. The van der Waals surface area contributed by atoms with E-state index in [9.17, 15) is 9.59 Å². The Morgan fingerprint density at radius 2 is 1.96 bits per heavy atom. The number of nitrogens with one attached hydrogen (secondary N) is 1. The normalized spacial score (nSPS) is 15.7.